The van der Waals surface area contributed by atoms with Crippen molar-refractivity contribution in [2.75, 3.05) is 19.5 Å². The van der Waals surface area contributed by atoms with Crippen LogP contribution in [0.25, 0.3) is 10.9 Å². The number of fused-ring (bicyclic) bond motifs is 1. The molecule has 3 rings (SSSR count). The Bertz CT molecular complexity index is 811. The number of aromatic amines is 1. The predicted octanol–water partition coefficient (Wildman–Crippen LogP) is 2.47. The van der Waals surface area contributed by atoms with E-state index in [9.17, 15) is 4.79 Å². The molecule has 2 aromatic carbocycles. The monoisotopic (exact) mass is 310 g/mol. The summed E-state index contributed by atoms with van der Waals surface area (Å²) in [5, 5.41) is 13.8. The molecule has 3 aromatic rings. The van der Waals surface area contributed by atoms with E-state index in [0.717, 1.165) is 27.9 Å². The zero-order valence-corrected chi connectivity index (χ0v) is 13.0. The number of ether oxygens (including phenoxy) is 1. The van der Waals surface area contributed by atoms with E-state index in [1.54, 1.807) is 20.4 Å². The summed E-state index contributed by atoms with van der Waals surface area (Å²) in [6.07, 6.45) is 1.73. The summed E-state index contributed by atoms with van der Waals surface area (Å²) in [4.78, 5) is 12.5. The van der Waals surface area contributed by atoms with Crippen LogP contribution in [-0.4, -0.2) is 30.3 Å². The van der Waals surface area contributed by atoms with E-state index in [2.05, 4.69) is 20.8 Å². The van der Waals surface area contributed by atoms with E-state index in [-0.39, 0.29) is 5.91 Å². The molecule has 0 aliphatic heterocycles. The SMILES string of the molecule is CNC(C(=O)Nc1ccc2[nH]ncc2c1)c1ccc(OC)cc1. The molecule has 23 heavy (non-hydrogen) atoms. The van der Waals surface area contributed by atoms with Crippen LogP contribution in [0, 0.1) is 0 Å². The third-order valence-corrected chi connectivity index (χ3v) is 3.71. The van der Waals surface area contributed by atoms with Crippen molar-refractivity contribution in [1.29, 1.82) is 0 Å². The Morgan fingerprint density at radius 2 is 2.00 bits per heavy atom. The highest BCUT2D eigenvalue weighted by molar-refractivity contribution is 5.97. The highest BCUT2D eigenvalue weighted by atomic mass is 16.5. The van der Waals surface area contributed by atoms with E-state index in [4.69, 9.17) is 4.74 Å². The van der Waals surface area contributed by atoms with Gasteiger partial charge in [-0.15, -0.1) is 0 Å². The normalized spacial score (nSPS) is 12.1. The highest BCUT2D eigenvalue weighted by Gasteiger charge is 2.19. The fraction of sp³-hybridized carbons (Fsp3) is 0.176. The van der Waals surface area contributed by atoms with Crippen LogP contribution in [0.5, 0.6) is 5.75 Å². The number of hydrogen-bond donors (Lipinski definition) is 3. The number of hydrogen-bond acceptors (Lipinski definition) is 4. The summed E-state index contributed by atoms with van der Waals surface area (Å²) in [6.45, 7) is 0. The van der Waals surface area contributed by atoms with Crippen molar-refractivity contribution < 1.29 is 9.53 Å². The smallest absolute Gasteiger partial charge is 0.246 e. The molecule has 1 heterocycles. The molecule has 0 saturated carbocycles. The molecular formula is C17H18N4O2. The number of rotatable bonds is 5. The summed E-state index contributed by atoms with van der Waals surface area (Å²) in [7, 11) is 3.37. The minimum absolute atomic E-state index is 0.125. The molecule has 0 bridgehead atoms. The summed E-state index contributed by atoms with van der Waals surface area (Å²) in [5.74, 6) is 0.634. The van der Waals surface area contributed by atoms with Crippen LogP contribution >= 0.6 is 0 Å². The lowest BCUT2D eigenvalue weighted by molar-refractivity contribution is -0.118. The summed E-state index contributed by atoms with van der Waals surface area (Å²) in [6, 6.07) is 12.6. The Hall–Kier alpha value is -2.86. The number of likely N-dealkylation sites (N-methyl/N-ethyl adjacent to an activating group) is 1. The van der Waals surface area contributed by atoms with Crippen molar-refractivity contribution >= 4 is 22.5 Å². The zero-order chi connectivity index (χ0) is 16.2. The molecule has 0 aliphatic rings. The maximum Gasteiger partial charge on any atom is 0.246 e. The highest BCUT2D eigenvalue weighted by Crippen LogP contribution is 2.21. The maximum atomic E-state index is 12.5. The largest absolute Gasteiger partial charge is 0.497 e. The van der Waals surface area contributed by atoms with Crippen LogP contribution in [-0.2, 0) is 4.79 Å². The third kappa shape index (κ3) is 3.17. The van der Waals surface area contributed by atoms with Gasteiger partial charge in [0.15, 0.2) is 0 Å². The van der Waals surface area contributed by atoms with Crippen molar-refractivity contribution in [2.45, 2.75) is 6.04 Å². The Morgan fingerprint density at radius 3 is 2.70 bits per heavy atom. The number of methoxy groups -OCH3 is 1. The third-order valence-electron chi connectivity index (χ3n) is 3.71. The molecule has 0 saturated heterocycles. The minimum atomic E-state index is -0.444. The molecule has 6 nitrogen and oxygen atoms in total. The van der Waals surface area contributed by atoms with Gasteiger partial charge < -0.3 is 15.4 Å². The van der Waals surface area contributed by atoms with E-state index >= 15 is 0 Å². The van der Waals surface area contributed by atoms with Crippen molar-refractivity contribution in [1.82, 2.24) is 15.5 Å². The first-order chi connectivity index (χ1) is 11.2. The van der Waals surface area contributed by atoms with E-state index in [1.807, 2.05) is 42.5 Å². The Labute approximate surface area is 133 Å². The average Bonchev–Trinajstić information content (AvgIpc) is 3.04. The quantitative estimate of drug-likeness (QED) is 0.676. The van der Waals surface area contributed by atoms with Gasteiger partial charge in [-0.2, -0.15) is 5.10 Å². The number of benzene rings is 2. The lowest BCUT2D eigenvalue weighted by atomic mass is 10.1. The van der Waals surface area contributed by atoms with Gasteiger partial charge in [0.2, 0.25) is 5.91 Å². The van der Waals surface area contributed by atoms with Crippen molar-refractivity contribution in [3.05, 3.63) is 54.2 Å². The minimum Gasteiger partial charge on any atom is -0.497 e. The number of nitrogens with one attached hydrogen (secondary N) is 3. The molecule has 0 spiro atoms. The first-order valence-electron chi connectivity index (χ1n) is 7.26. The van der Waals surface area contributed by atoms with Crippen LogP contribution in [0.3, 0.4) is 0 Å². The number of amides is 1. The number of carbonyl (C=O) groups excluding carboxylic acids is 1. The fourth-order valence-corrected chi connectivity index (χ4v) is 2.48. The first-order valence-corrected chi connectivity index (χ1v) is 7.26. The molecular weight excluding hydrogens is 292 g/mol. The molecule has 1 aromatic heterocycles. The number of carbonyl (C=O) groups is 1. The average molecular weight is 310 g/mol. The molecule has 1 atom stereocenters. The van der Waals surface area contributed by atoms with E-state index in [1.165, 1.54) is 0 Å². The number of H-pyrrole nitrogens is 1. The Morgan fingerprint density at radius 1 is 1.22 bits per heavy atom. The maximum absolute atomic E-state index is 12.5. The topological polar surface area (TPSA) is 79.0 Å². The van der Waals surface area contributed by atoms with Gasteiger partial charge in [-0.1, -0.05) is 12.1 Å². The fourth-order valence-electron chi connectivity index (χ4n) is 2.48. The number of anilines is 1. The zero-order valence-electron chi connectivity index (χ0n) is 13.0. The summed E-state index contributed by atoms with van der Waals surface area (Å²) < 4.78 is 5.14. The second kappa shape index (κ2) is 6.50. The summed E-state index contributed by atoms with van der Waals surface area (Å²) in [5.41, 5.74) is 2.54. The summed E-state index contributed by atoms with van der Waals surface area (Å²) >= 11 is 0. The van der Waals surface area contributed by atoms with E-state index < -0.39 is 6.04 Å². The lowest BCUT2D eigenvalue weighted by Gasteiger charge is -2.17. The Balaban J connectivity index is 1.78. The molecule has 3 N–H and O–H groups in total. The second-order valence-corrected chi connectivity index (χ2v) is 5.16. The van der Waals surface area contributed by atoms with Crippen molar-refractivity contribution in [3.63, 3.8) is 0 Å². The van der Waals surface area contributed by atoms with E-state index in [0.29, 0.717) is 0 Å². The molecule has 1 unspecified atom stereocenters. The van der Waals surface area contributed by atoms with Gasteiger partial charge in [-0.3, -0.25) is 9.89 Å². The second-order valence-electron chi connectivity index (χ2n) is 5.16. The molecule has 1 amide bonds. The molecule has 0 radical (unpaired) electrons. The van der Waals surface area contributed by atoms with Crippen molar-refractivity contribution in [3.8, 4) is 5.75 Å². The van der Waals surface area contributed by atoms with Crippen LogP contribution in [0.4, 0.5) is 5.69 Å². The molecule has 0 fully saturated rings. The molecule has 118 valence electrons. The van der Waals surface area contributed by atoms with Crippen LogP contribution in [0.1, 0.15) is 11.6 Å². The van der Waals surface area contributed by atoms with Crippen LogP contribution in [0.15, 0.2) is 48.7 Å². The van der Waals surface area contributed by atoms with Gasteiger partial charge in [-0.25, -0.2) is 0 Å². The van der Waals surface area contributed by atoms with Gasteiger partial charge in [0, 0.05) is 11.1 Å². The van der Waals surface area contributed by atoms with Crippen LogP contribution in [0.2, 0.25) is 0 Å². The van der Waals surface area contributed by atoms with Gasteiger partial charge in [0.1, 0.15) is 11.8 Å². The number of nitrogens with zero attached hydrogens (tertiary/aromatic N) is 1. The van der Waals surface area contributed by atoms with Gasteiger partial charge >= 0.3 is 0 Å². The standard InChI is InChI=1S/C17H18N4O2/c1-18-16(11-3-6-14(23-2)7-4-11)17(22)20-13-5-8-15-12(9-13)10-19-21-15/h3-10,16,18H,1-2H3,(H,19,21)(H,20,22). The van der Waals surface area contributed by atoms with Gasteiger partial charge in [0.05, 0.1) is 18.8 Å². The number of aromatic nitrogens is 2. The molecule has 6 heteroatoms. The van der Waals surface area contributed by atoms with Gasteiger partial charge in [0.25, 0.3) is 0 Å². The van der Waals surface area contributed by atoms with Crippen molar-refractivity contribution in [2.24, 2.45) is 0 Å². The Kier molecular flexibility index (Phi) is 4.25. The van der Waals surface area contributed by atoms with Gasteiger partial charge in [-0.05, 0) is 42.9 Å². The molecule has 0 aliphatic carbocycles. The predicted molar refractivity (Wildman–Crippen MR) is 89.5 cm³/mol. The lowest BCUT2D eigenvalue weighted by Crippen LogP contribution is -2.30. The van der Waals surface area contributed by atoms with Crippen LogP contribution < -0.4 is 15.4 Å². The first kappa shape index (κ1) is 15.1.